The minimum Gasteiger partial charge on any atom is -0.274 e. The number of pyridine rings is 1. The molecule has 45 heavy (non-hydrogen) atoms. The molecule has 0 radical (unpaired) electrons. The normalized spacial score (nSPS) is 13.7. The molecule has 3 nitrogen and oxygen atoms in total. The lowest BCUT2D eigenvalue weighted by Gasteiger charge is -2.22. The van der Waals surface area contributed by atoms with Gasteiger partial charge in [0.2, 0.25) is 0 Å². The average molecular weight is 594 g/mol. The minimum atomic E-state index is -0.167. The molecule has 3 aromatic heterocycles. The summed E-state index contributed by atoms with van der Waals surface area (Å²) in [6.07, 6.45) is 0. The van der Waals surface area contributed by atoms with E-state index in [1.54, 1.807) is 0 Å². The Bertz CT molecular complexity index is 2690. The number of hydrogen-bond acceptors (Lipinski definition) is 3. The van der Waals surface area contributed by atoms with Crippen LogP contribution >= 0.6 is 11.3 Å². The highest BCUT2D eigenvalue weighted by Gasteiger charge is 2.36. The van der Waals surface area contributed by atoms with Gasteiger partial charge >= 0.3 is 0 Å². The monoisotopic (exact) mass is 593 g/mol. The van der Waals surface area contributed by atoms with E-state index in [0.717, 1.165) is 27.9 Å². The van der Waals surface area contributed by atoms with Gasteiger partial charge in [0.25, 0.3) is 0 Å². The Hall–Kier alpha value is -5.32. The smallest absolute Gasteiger partial charge is 0.169 e. The summed E-state index contributed by atoms with van der Waals surface area (Å²) in [5, 5.41) is 15.7. The first-order valence-corrected chi connectivity index (χ1v) is 16.2. The first kappa shape index (κ1) is 25.1. The van der Waals surface area contributed by atoms with Crippen LogP contribution in [0, 0.1) is 0 Å². The maximum Gasteiger partial charge on any atom is 0.169 e. The Morgan fingerprint density at radius 2 is 1.18 bits per heavy atom. The fraction of sp³-hybridized carbons (Fsp3) is 0.0732. The molecule has 1 aliphatic carbocycles. The minimum absolute atomic E-state index is 0.167. The summed E-state index contributed by atoms with van der Waals surface area (Å²) in [4.78, 5) is 0. The number of nitrogens with zero attached hydrogens (tertiary/aromatic N) is 3. The Kier molecular flexibility index (Phi) is 4.94. The van der Waals surface area contributed by atoms with Crippen LogP contribution < -0.4 is 0 Å². The van der Waals surface area contributed by atoms with Crippen molar-refractivity contribution >= 4 is 58.8 Å². The number of thiophene rings is 1. The van der Waals surface area contributed by atoms with Crippen LogP contribution in [-0.4, -0.2) is 14.6 Å². The van der Waals surface area contributed by atoms with E-state index < -0.39 is 0 Å². The molecule has 0 fully saturated rings. The van der Waals surface area contributed by atoms with Gasteiger partial charge in [-0.2, -0.15) is 0 Å². The maximum atomic E-state index is 4.80. The summed E-state index contributed by atoms with van der Waals surface area (Å²) < 4.78 is 4.92. The van der Waals surface area contributed by atoms with Crippen molar-refractivity contribution in [1.29, 1.82) is 0 Å². The van der Waals surface area contributed by atoms with Crippen LogP contribution in [0.3, 0.4) is 0 Å². The molecular formula is C41H27N3S. The molecule has 3 heterocycles. The topological polar surface area (TPSA) is 30.2 Å². The molecule has 0 amide bonds. The zero-order chi connectivity index (χ0) is 29.9. The summed E-state index contributed by atoms with van der Waals surface area (Å²) in [5.41, 5.74) is 10.8. The van der Waals surface area contributed by atoms with Crippen LogP contribution in [0.1, 0.15) is 25.0 Å². The van der Waals surface area contributed by atoms with E-state index in [0.29, 0.717) is 0 Å². The fourth-order valence-corrected chi connectivity index (χ4v) is 8.94. The van der Waals surface area contributed by atoms with E-state index in [1.165, 1.54) is 64.3 Å². The molecule has 6 aromatic carbocycles. The molecular weight excluding hydrogens is 567 g/mol. The first-order valence-electron chi connectivity index (χ1n) is 15.4. The van der Waals surface area contributed by atoms with Gasteiger partial charge in [-0.05, 0) is 63.0 Å². The van der Waals surface area contributed by atoms with Gasteiger partial charge in [0.1, 0.15) is 0 Å². The number of aromatic nitrogens is 3. The van der Waals surface area contributed by atoms with Gasteiger partial charge < -0.3 is 0 Å². The third-order valence-electron chi connectivity index (χ3n) is 9.92. The number of fused-ring (bicyclic) bond motifs is 12. The molecule has 0 saturated heterocycles. The Labute approximate surface area is 264 Å². The molecule has 0 saturated carbocycles. The van der Waals surface area contributed by atoms with E-state index in [2.05, 4.69) is 146 Å². The zero-order valence-electron chi connectivity index (χ0n) is 24.9. The molecule has 9 aromatic rings. The zero-order valence-corrected chi connectivity index (χ0v) is 25.7. The molecule has 0 unspecified atom stereocenters. The lowest BCUT2D eigenvalue weighted by atomic mass is 9.81. The van der Waals surface area contributed by atoms with Gasteiger partial charge in [0.15, 0.2) is 11.5 Å². The van der Waals surface area contributed by atoms with Crippen LogP contribution in [-0.2, 0) is 5.41 Å². The molecule has 0 bridgehead atoms. The second-order valence-electron chi connectivity index (χ2n) is 12.7. The number of benzene rings is 6. The van der Waals surface area contributed by atoms with Crippen LogP contribution in [0.25, 0.3) is 81.1 Å². The lowest BCUT2D eigenvalue weighted by Crippen LogP contribution is -2.15. The van der Waals surface area contributed by atoms with E-state index >= 15 is 0 Å². The summed E-state index contributed by atoms with van der Waals surface area (Å²) in [6.45, 7) is 4.71. The van der Waals surface area contributed by atoms with Gasteiger partial charge in [0.05, 0.1) is 5.52 Å². The van der Waals surface area contributed by atoms with Gasteiger partial charge in [-0.15, -0.1) is 21.5 Å². The third kappa shape index (κ3) is 3.35. The van der Waals surface area contributed by atoms with Crippen molar-refractivity contribution in [3.63, 3.8) is 0 Å². The second-order valence-corrected chi connectivity index (χ2v) is 13.7. The standard InChI is InChI=1S/C41H27N3S/c1-41(2)34-22-24(26-14-9-15-32-31-12-6-8-17-37(31)45-38(26)32)18-20-28(34)29-21-19-25(23-35(29)41)39-42-43-40-33-13-4-3-10-27(33)30-11-5-7-16-36(30)44(39)40/h3-23H,1-2H3. The highest BCUT2D eigenvalue weighted by atomic mass is 32.1. The molecule has 1 aliphatic rings. The van der Waals surface area contributed by atoms with Crippen molar-refractivity contribution in [3.8, 4) is 33.6 Å². The Morgan fingerprint density at radius 1 is 0.533 bits per heavy atom. The number of rotatable bonds is 2. The van der Waals surface area contributed by atoms with Crippen LogP contribution in [0.5, 0.6) is 0 Å². The van der Waals surface area contributed by atoms with Crippen LogP contribution in [0.4, 0.5) is 0 Å². The lowest BCUT2D eigenvalue weighted by molar-refractivity contribution is 0.661. The van der Waals surface area contributed by atoms with Gasteiger partial charge in [-0.25, -0.2) is 0 Å². The largest absolute Gasteiger partial charge is 0.274 e. The predicted molar refractivity (Wildman–Crippen MR) is 189 cm³/mol. The highest BCUT2D eigenvalue weighted by Crippen LogP contribution is 2.51. The van der Waals surface area contributed by atoms with Crippen LogP contribution in [0.15, 0.2) is 127 Å². The maximum absolute atomic E-state index is 4.80. The number of para-hydroxylation sites is 1. The SMILES string of the molecule is CC1(C)c2cc(-c3cccc4c3sc3ccccc34)ccc2-c2ccc(-c3nnc4c5ccccc5c5ccccc5n34)cc21. The molecule has 4 heteroatoms. The molecule has 10 rings (SSSR count). The Morgan fingerprint density at radius 3 is 2.00 bits per heavy atom. The van der Waals surface area contributed by atoms with Crippen molar-refractivity contribution in [2.45, 2.75) is 19.3 Å². The van der Waals surface area contributed by atoms with Crippen molar-refractivity contribution < 1.29 is 0 Å². The van der Waals surface area contributed by atoms with Crippen molar-refractivity contribution in [3.05, 3.63) is 139 Å². The average Bonchev–Trinajstić information content (AvgIpc) is 3.76. The third-order valence-corrected chi connectivity index (χ3v) is 11.1. The van der Waals surface area contributed by atoms with Gasteiger partial charge in [-0.1, -0.05) is 117 Å². The quantitative estimate of drug-likeness (QED) is 0.187. The van der Waals surface area contributed by atoms with Crippen LogP contribution in [0.2, 0.25) is 0 Å². The van der Waals surface area contributed by atoms with Crippen molar-refractivity contribution in [2.24, 2.45) is 0 Å². The van der Waals surface area contributed by atoms with E-state index in [1.807, 2.05) is 11.3 Å². The predicted octanol–water partition coefficient (Wildman–Crippen LogP) is 11.0. The van der Waals surface area contributed by atoms with E-state index in [-0.39, 0.29) is 5.41 Å². The molecule has 0 spiro atoms. The summed E-state index contributed by atoms with van der Waals surface area (Å²) in [5.74, 6) is 0.874. The summed E-state index contributed by atoms with van der Waals surface area (Å²) >= 11 is 1.89. The first-order chi connectivity index (χ1) is 22.1. The Balaban J connectivity index is 1.14. The van der Waals surface area contributed by atoms with Crippen molar-refractivity contribution in [2.75, 3.05) is 0 Å². The van der Waals surface area contributed by atoms with E-state index in [4.69, 9.17) is 10.2 Å². The van der Waals surface area contributed by atoms with Gasteiger partial charge in [-0.3, -0.25) is 4.40 Å². The molecule has 0 atom stereocenters. The number of hydrogen-bond donors (Lipinski definition) is 0. The molecule has 0 aliphatic heterocycles. The fourth-order valence-electron chi connectivity index (χ4n) is 7.70. The highest BCUT2D eigenvalue weighted by molar-refractivity contribution is 7.26. The van der Waals surface area contributed by atoms with Crippen molar-refractivity contribution in [1.82, 2.24) is 14.6 Å². The second kappa shape index (κ2) is 8.87. The summed E-state index contributed by atoms with van der Waals surface area (Å²) in [7, 11) is 0. The molecule has 212 valence electrons. The van der Waals surface area contributed by atoms with Gasteiger partial charge in [0, 0.05) is 41.9 Å². The molecule has 0 N–H and O–H groups in total. The van der Waals surface area contributed by atoms with E-state index in [9.17, 15) is 0 Å². The summed E-state index contributed by atoms with van der Waals surface area (Å²) in [6, 6.07) is 46.5.